The minimum Gasteiger partial charge on any atom is -0.469 e. The van der Waals surface area contributed by atoms with Gasteiger partial charge in [0.05, 0.1) is 7.11 Å². The molecule has 1 atom stereocenters. The van der Waals surface area contributed by atoms with Crippen LogP contribution in [0.1, 0.15) is 40.0 Å². The molecular formula is C11H19ClO3. The number of rotatable bonds is 5. The van der Waals surface area contributed by atoms with Crippen LogP contribution in [0, 0.1) is 11.3 Å². The summed E-state index contributed by atoms with van der Waals surface area (Å²) < 4.78 is 4.56. The Labute approximate surface area is 96.1 Å². The van der Waals surface area contributed by atoms with E-state index in [1.54, 1.807) is 0 Å². The maximum atomic E-state index is 11.0. The highest BCUT2D eigenvalue weighted by atomic mass is 35.5. The van der Waals surface area contributed by atoms with Crippen LogP contribution in [0.25, 0.3) is 0 Å². The van der Waals surface area contributed by atoms with Crippen molar-refractivity contribution in [2.75, 3.05) is 7.11 Å². The average Bonchev–Trinajstić information content (AvgIpc) is 2.09. The highest BCUT2D eigenvalue weighted by Crippen LogP contribution is 2.33. The van der Waals surface area contributed by atoms with E-state index in [9.17, 15) is 9.59 Å². The van der Waals surface area contributed by atoms with Crippen molar-refractivity contribution in [2.24, 2.45) is 11.3 Å². The molecule has 0 aliphatic heterocycles. The second kappa shape index (κ2) is 6.11. The van der Waals surface area contributed by atoms with Gasteiger partial charge in [-0.3, -0.25) is 9.59 Å². The summed E-state index contributed by atoms with van der Waals surface area (Å²) in [6.45, 7) is 6.11. The van der Waals surface area contributed by atoms with E-state index in [1.807, 2.05) is 20.8 Å². The van der Waals surface area contributed by atoms with Crippen molar-refractivity contribution in [3.63, 3.8) is 0 Å². The lowest BCUT2D eigenvalue weighted by Gasteiger charge is -2.29. The number of halogens is 1. The van der Waals surface area contributed by atoms with Gasteiger partial charge in [-0.15, -0.1) is 0 Å². The van der Waals surface area contributed by atoms with Gasteiger partial charge in [-0.25, -0.2) is 0 Å². The molecule has 0 N–H and O–H groups in total. The maximum absolute atomic E-state index is 11.0. The maximum Gasteiger partial charge on any atom is 0.305 e. The van der Waals surface area contributed by atoms with Crippen LogP contribution < -0.4 is 0 Å². The number of ether oxygens (including phenoxy) is 1. The summed E-state index contributed by atoms with van der Waals surface area (Å²) in [5.41, 5.74) is -0.0292. The minimum atomic E-state index is -0.347. The summed E-state index contributed by atoms with van der Waals surface area (Å²) in [4.78, 5) is 21.9. The Kier molecular flexibility index (Phi) is 5.88. The Balaban J connectivity index is 4.26. The van der Waals surface area contributed by atoms with Crippen molar-refractivity contribution < 1.29 is 14.3 Å². The van der Waals surface area contributed by atoms with E-state index in [2.05, 4.69) is 4.74 Å². The highest BCUT2D eigenvalue weighted by molar-refractivity contribution is 6.63. The van der Waals surface area contributed by atoms with E-state index < -0.39 is 0 Å². The van der Waals surface area contributed by atoms with Crippen LogP contribution in [0.4, 0.5) is 0 Å². The highest BCUT2D eigenvalue weighted by Gasteiger charge is 2.26. The molecule has 15 heavy (non-hydrogen) atoms. The standard InChI is InChI=1S/C11H19ClO3/c1-11(2,3)8(7-9(12)13)5-6-10(14)15-4/h8H,5-7H2,1-4H3. The molecule has 0 rings (SSSR count). The molecule has 0 fully saturated rings. The molecule has 0 bridgehead atoms. The van der Waals surface area contributed by atoms with E-state index in [-0.39, 0.29) is 22.5 Å². The third kappa shape index (κ3) is 6.50. The Bertz CT molecular complexity index is 230. The summed E-state index contributed by atoms with van der Waals surface area (Å²) in [5.74, 6) is -0.132. The molecule has 0 saturated heterocycles. The number of esters is 1. The molecule has 0 aromatic heterocycles. The summed E-state index contributed by atoms with van der Waals surface area (Å²) in [5, 5.41) is -0.347. The fourth-order valence-electron chi connectivity index (χ4n) is 1.43. The van der Waals surface area contributed by atoms with E-state index in [4.69, 9.17) is 11.6 Å². The van der Waals surface area contributed by atoms with Gasteiger partial charge in [0.2, 0.25) is 5.24 Å². The fraction of sp³-hybridized carbons (Fsp3) is 0.818. The topological polar surface area (TPSA) is 43.4 Å². The molecule has 0 aliphatic carbocycles. The molecule has 0 radical (unpaired) electrons. The lowest BCUT2D eigenvalue weighted by Crippen LogP contribution is -2.23. The second-order valence-electron chi connectivity index (χ2n) is 4.74. The first-order valence-corrected chi connectivity index (χ1v) is 5.40. The van der Waals surface area contributed by atoms with Crippen LogP contribution in [-0.4, -0.2) is 18.3 Å². The summed E-state index contributed by atoms with van der Waals surface area (Å²) in [6, 6.07) is 0. The van der Waals surface area contributed by atoms with Crippen molar-refractivity contribution in [1.29, 1.82) is 0 Å². The Morgan fingerprint density at radius 3 is 2.20 bits per heavy atom. The average molecular weight is 235 g/mol. The number of methoxy groups -OCH3 is 1. The van der Waals surface area contributed by atoms with E-state index >= 15 is 0 Å². The Hall–Kier alpha value is -0.570. The largest absolute Gasteiger partial charge is 0.469 e. The molecule has 1 unspecified atom stereocenters. The van der Waals surface area contributed by atoms with E-state index in [0.717, 1.165) is 0 Å². The molecule has 0 saturated carbocycles. The first-order valence-electron chi connectivity index (χ1n) is 5.02. The molecule has 0 aromatic carbocycles. The van der Waals surface area contributed by atoms with Gasteiger partial charge in [-0.05, 0) is 29.4 Å². The van der Waals surface area contributed by atoms with Crippen LogP contribution in [0.15, 0.2) is 0 Å². The van der Waals surface area contributed by atoms with Crippen molar-refractivity contribution >= 4 is 22.8 Å². The first-order chi connectivity index (χ1) is 6.77. The normalized spacial score (nSPS) is 13.4. The molecule has 4 heteroatoms. The molecule has 88 valence electrons. The Morgan fingerprint density at radius 2 is 1.87 bits per heavy atom. The summed E-state index contributed by atoms with van der Waals surface area (Å²) in [7, 11) is 1.36. The molecule has 3 nitrogen and oxygen atoms in total. The number of carbonyl (C=O) groups is 2. The minimum absolute atomic E-state index is 0.0292. The number of hydrogen-bond donors (Lipinski definition) is 0. The Morgan fingerprint density at radius 1 is 1.33 bits per heavy atom. The SMILES string of the molecule is COC(=O)CCC(CC(=O)Cl)C(C)(C)C. The van der Waals surface area contributed by atoms with Crippen LogP contribution in [0.2, 0.25) is 0 Å². The van der Waals surface area contributed by atoms with Gasteiger partial charge in [-0.1, -0.05) is 20.8 Å². The van der Waals surface area contributed by atoms with Crippen LogP contribution >= 0.6 is 11.6 Å². The van der Waals surface area contributed by atoms with Crippen molar-refractivity contribution in [2.45, 2.75) is 40.0 Å². The lowest BCUT2D eigenvalue weighted by molar-refractivity contribution is -0.141. The quantitative estimate of drug-likeness (QED) is 0.543. The zero-order valence-corrected chi connectivity index (χ0v) is 10.6. The second-order valence-corrected chi connectivity index (χ2v) is 5.16. The van der Waals surface area contributed by atoms with Gasteiger partial charge in [-0.2, -0.15) is 0 Å². The fourth-order valence-corrected chi connectivity index (χ4v) is 1.62. The van der Waals surface area contributed by atoms with Gasteiger partial charge < -0.3 is 4.74 Å². The molecule has 0 aromatic rings. The van der Waals surface area contributed by atoms with Crippen molar-refractivity contribution in [1.82, 2.24) is 0 Å². The van der Waals surface area contributed by atoms with Crippen molar-refractivity contribution in [3.8, 4) is 0 Å². The van der Waals surface area contributed by atoms with Crippen LogP contribution in [-0.2, 0) is 14.3 Å². The predicted octanol–water partition coefficient (Wildman–Crippen LogP) is 2.76. The molecule has 0 aliphatic rings. The smallest absolute Gasteiger partial charge is 0.305 e. The molecular weight excluding hydrogens is 216 g/mol. The third-order valence-corrected chi connectivity index (χ3v) is 2.71. The summed E-state index contributed by atoms with van der Waals surface area (Å²) in [6.07, 6.45) is 1.28. The van der Waals surface area contributed by atoms with Crippen LogP contribution in [0.3, 0.4) is 0 Å². The van der Waals surface area contributed by atoms with E-state index in [1.165, 1.54) is 7.11 Å². The van der Waals surface area contributed by atoms with Gasteiger partial charge in [0.1, 0.15) is 0 Å². The lowest BCUT2D eigenvalue weighted by atomic mass is 9.76. The monoisotopic (exact) mass is 234 g/mol. The third-order valence-electron chi connectivity index (χ3n) is 2.56. The van der Waals surface area contributed by atoms with E-state index in [0.29, 0.717) is 19.3 Å². The van der Waals surface area contributed by atoms with Gasteiger partial charge >= 0.3 is 5.97 Å². The predicted molar refractivity (Wildman–Crippen MR) is 59.7 cm³/mol. The van der Waals surface area contributed by atoms with Gasteiger partial charge in [0.25, 0.3) is 0 Å². The first kappa shape index (κ1) is 14.4. The zero-order chi connectivity index (χ0) is 12.1. The number of carbonyl (C=O) groups excluding carboxylic acids is 2. The molecule has 0 spiro atoms. The van der Waals surface area contributed by atoms with Gasteiger partial charge in [0.15, 0.2) is 0 Å². The van der Waals surface area contributed by atoms with Gasteiger partial charge in [0, 0.05) is 12.8 Å². The zero-order valence-electron chi connectivity index (χ0n) is 9.80. The molecule has 0 amide bonds. The summed E-state index contributed by atoms with van der Waals surface area (Å²) >= 11 is 5.37. The number of hydrogen-bond acceptors (Lipinski definition) is 3. The van der Waals surface area contributed by atoms with Crippen LogP contribution in [0.5, 0.6) is 0 Å². The molecule has 0 heterocycles. The van der Waals surface area contributed by atoms with Crippen molar-refractivity contribution in [3.05, 3.63) is 0 Å².